The summed E-state index contributed by atoms with van der Waals surface area (Å²) in [4.78, 5) is 24.1. The fourth-order valence-corrected chi connectivity index (χ4v) is 1.79. The first kappa shape index (κ1) is 15.2. The smallest absolute Gasteiger partial charge is 0.303 e. The van der Waals surface area contributed by atoms with E-state index in [1.807, 2.05) is 30.3 Å². The van der Waals surface area contributed by atoms with Crippen LogP contribution in [0.15, 0.2) is 30.3 Å². The van der Waals surface area contributed by atoms with E-state index in [4.69, 9.17) is 9.84 Å². The molecule has 1 rings (SSSR count). The molecule has 1 N–H and O–H groups in total. The van der Waals surface area contributed by atoms with E-state index in [1.165, 1.54) is 12.0 Å². The number of benzene rings is 1. The Balaban J connectivity index is 2.61. The summed E-state index contributed by atoms with van der Waals surface area (Å²) in [6.45, 7) is 0.401. The van der Waals surface area contributed by atoms with E-state index in [9.17, 15) is 9.59 Å². The van der Waals surface area contributed by atoms with Gasteiger partial charge in [0, 0.05) is 27.1 Å². The lowest BCUT2D eigenvalue weighted by Crippen LogP contribution is -2.33. The minimum Gasteiger partial charge on any atom is -0.481 e. The van der Waals surface area contributed by atoms with Gasteiger partial charge in [-0.15, -0.1) is 0 Å². The topological polar surface area (TPSA) is 66.8 Å². The molecule has 0 aromatic heterocycles. The molecule has 104 valence electrons. The number of nitrogens with zero attached hydrogens (tertiary/aromatic N) is 1. The fraction of sp³-hybridized carbons (Fsp3) is 0.429. The van der Waals surface area contributed by atoms with Crippen molar-refractivity contribution in [1.82, 2.24) is 4.90 Å². The second-order valence-electron chi connectivity index (χ2n) is 4.28. The van der Waals surface area contributed by atoms with Crippen LogP contribution >= 0.6 is 0 Å². The van der Waals surface area contributed by atoms with Crippen molar-refractivity contribution in [3.8, 4) is 0 Å². The molecule has 0 spiro atoms. The number of methoxy groups -OCH3 is 1. The van der Waals surface area contributed by atoms with Crippen molar-refractivity contribution in [1.29, 1.82) is 0 Å². The Bertz CT molecular complexity index is 419. The number of hydrogen-bond donors (Lipinski definition) is 1. The SMILES string of the molecule is CO[C@@H](C(=O)N(C)CCCC(=O)O)c1ccccc1. The number of carboxylic acid groups (broad SMARTS) is 1. The van der Waals surface area contributed by atoms with Gasteiger partial charge < -0.3 is 14.7 Å². The molecule has 0 saturated carbocycles. The van der Waals surface area contributed by atoms with Crippen molar-refractivity contribution in [3.63, 3.8) is 0 Å². The van der Waals surface area contributed by atoms with Crippen LogP contribution in [0.2, 0.25) is 0 Å². The number of amides is 1. The van der Waals surface area contributed by atoms with Gasteiger partial charge in [-0.1, -0.05) is 30.3 Å². The van der Waals surface area contributed by atoms with Crippen LogP contribution in [0.3, 0.4) is 0 Å². The summed E-state index contributed by atoms with van der Waals surface area (Å²) in [6.07, 6.45) is -0.153. The zero-order valence-corrected chi connectivity index (χ0v) is 11.2. The first-order valence-electron chi connectivity index (χ1n) is 6.10. The maximum Gasteiger partial charge on any atom is 0.303 e. The monoisotopic (exact) mass is 265 g/mol. The number of rotatable bonds is 7. The number of likely N-dealkylation sites (N-methyl/N-ethyl adjacent to an activating group) is 1. The van der Waals surface area contributed by atoms with E-state index in [2.05, 4.69) is 0 Å². The third kappa shape index (κ3) is 4.71. The first-order valence-corrected chi connectivity index (χ1v) is 6.10. The Morgan fingerprint density at radius 2 is 1.95 bits per heavy atom. The number of carbonyl (C=O) groups excluding carboxylic acids is 1. The van der Waals surface area contributed by atoms with Gasteiger partial charge in [-0.05, 0) is 12.0 Å². The quantitative estimate of drug-likeness (QED) is 0.814. The Labute approximate surface area is 112 Å². The largest absolute Gasteiger partial charge is 0.481 e. The normalized spacial score (nSPS) is 11.9. The molecule has 0 saturated heterocycles. The van der Waals surface area contributed by atoms with Gasteiger partial charge in [0.1, 0.15) is 0 Å². The molecule has 1 aromatic rings. The molecule has 1 atom stereocenters. The Morgan fingerprint density at radius 3 is 2.47 bits per heavy atom. The third-order valence-electron chi connectivity index (χ3n) is 2.82. The maximum absolute atomic E-state index is 12.2. The van der Waals surface area contributed by atoms with Crippen LogP contribution in [-0.2, 0) is 14.3 Å². The average Bonchev–Trinajstić information content (AvgIpc) is 2.40. The van der Waals surface area contributed by atoms with Crippen molar-refractivity contribution < 1.29 is 19.4 Å². The number of ether oxygens (including phenoxy) is 1. The highest BCUT2D eigenvalue weighted by atomic mass is 16.5. The minimum atomic E-state index is -0.854. The van der Waals surface area contributed by atoms with Crippen LogP contribution in [-0.4, -0.2) is 42.6 Å². The van der Waals surface area contributed by atoms with Crippen LogP contribution in [0.1, 0.15) is 24.5 Å². The lowest BCUT2D eigenvalue weighted by atomic mass is 10.1. The van der Waals surface area contributed by atoms with Gasteiger partial charge in [-0.25, -0.2) is 0 Å². The molecule has 1 amide bonds. The average molecular weight is 265 g/mol. The van der Waals surface area contributed by atoms with Crippen molar-refractivity contribution in [2.24, 2.45) is 0 Å². The predicted molar refractivity (Wildman–Crippen MR) is 70.7 cm³/mol. The standard InChI is InChI=1S/C14H19NO4/c1-15(10-6-9-12(16)17)14(18)13(19-2)11-7-4-3-5-8-11/h3-5,7-8,13H,6,9-10H2,1-2H3,(H,16,17)/t13-/m1/s1. The molecule has 0 aliphatic rings. The molecular weight excluding hydrogens is 246 g/mol. The van der Waals surface area contributed by atoms with E-state index in [0.29, 0.717) is 13.0 Å². The predicted octanol–water partition coefficient (Wildman–Crippen LogP) is 1.70. The molecule has 5 nitrogen and oxygen atoms in total. The highest BCUT2D eigenvalue weighted by molar-refractivity contribution is 5.82. The van der Waals surface area contributed by atoms with Crippen molar-refractivity contribution in [2.75, 3.05) is 20.7 Å². The number of aliphatic carboxylic acids is 1. The second-order valence-corrected chi connectivity index (χ2v) is 4.28. The van der Waals surface area contributed by atoms with Gasteiger partial charge >= 0.3 is 5.97 Å². The lowest BCUT2D eigenvalue weighted by Gasteiger charge is -2.23. The minimum absolute atomic E-state index is 0.0562. The summed E-state index contributed by atoms with van der Waals surface area (Å²) in [5.41, 5.74) is 0.792. The molecule has 0 bridgehead atoms. The van der Waals surface area contributed by atoms with Gasteiger partial charge in [-0.2, -0.15) is 0 Å². The summed E-state index contributed by atoms with van der Waals surface area (Å²) in [5.74, 6) is -1.02. The Morgan fingerprint density at radius 1 is 1.32 bits per heavy atom. The van der Waals surface area contributed by atoms with Gasteiger partial charge in [0.05, 0.1) is 0 Å². The Kier molecular flexibility index (Phi) is 6.02. The number of hydrogen-bond acceptors (Lipinski definition) is 3. The van der Waals surface area contributed by atoms with Gasteiger partial charge in [-0.3, -0.25) is 9.59 Å². The molecule has 1 aromatic carbocycles. The molecular formula is C14H19NO4. The molecule has 19 heavy (non-hydrogen) atoms. The first-order chi connectivity index (χ1) is 9.06. The molecule has 0 radical (unpaired) electrons. The second kappa shape index (κ2) is 7.53. The highest BCUT2D eigenvalue weighted by Gasteiger charge is 2.23. The van der Waals surface area contributed by atoms with Crippen molar-refractivity contribution in [3.05, 3.63) is 35.9 Å². The van der Waals surface area contributed by atoms with E-state index in [0.717, 1.165) is 5.56 Å². The van der Waals surface area contributed by atoms with E-state index in [-0.39, 0.29) is 12.3 Å². The zero-order chi connectivity index (χ0) is 14.3. The maximum atomic E-state index is 12.2. The zero-order valence-electron chi connectivity index (χ0n) is 11.2. The summed E-state index contributed by atoms with van der Waals surface area (Å²) < 4.78 is 5.24. The van der Waals surface area contributed by atoms with Gasteiger partial charge in [0.2, 0.25) is 0 Å². The molecule has 0 aliphatic heterocycles. The van der Waals surface area contributed by atoms with Crippen LogP contribution < -0.4 is 0 Å². The molecule has 0 unspecified atom stereocenters. The van der Waals surface area contributed by atoms with Crippen molar-refractivity contribution in [2.45, 2.75) is 18.9 Å². The number of carbonyl (C=O) groups is 2. The van der Waals surface area contributed by atoms with Crippen LogP contribution in [0.25, 0.3) is 0 Å². The fourth-order valence-electron chi connectivity index (χ4n) is 1.79. The third-order valence-corrected chi connectivity index (χ3v) is 2.82. The molecule has 0 aliphatic carbocycles. The van der Waals surface area contributed by atoms with E-state index in [1.54, 1.807) is 7.05 Å². The molecule has 5 heteroatoms. The highest BCUT2D eigenvalue weighted by Crippen LogP contribution is 2.18. The van der Waals surface area contributed by atoms with Crippen molar-refractivity contribution >= 4 is 11.9 Å². The van der Waals surface area contributed by atoms with Crippen LogP contribution in [0.5, 0.6) is 0 Å². The molecule has 0 fully saturated rings. The summed E-state index contributed by atoms with van der Waals surface area (Å²) in [5, 5.41) is 8.57. The van der Waals surface area contributed by atoms with E-state index >= 15 is 0 Å². The number of carboxylic acids is 1. The van der Waals surface area contributed by atoms with Gasteiger partial charge in [0.15, 0.2) is 6.10 Å². The summed E-state index contributed by atoms with van der Waals surface area (Å²) in [7, 11) is 3.14. The lowest BCUT2D eigenvalue weighted by molar-refractivity contribution is -0.142. The van der Waals surface area contributed by atoms with Gasteiger partial charge in [0.25, 0.3) is 5.91 Å². The van der Waals surface area contributed by atoms with E-state index < -0.39 is 12.1 Å². The Hall–Kier alpha value is -1.88. The summed E-state index contributed by atoms with van der Waals surface area (Å²) >= 11 is 0. The molecule has 0 heterocycles. The van der Waals surface area contributed by atoms with Crippen LogP contribution in [0, 0.1) is 0 Å². The van der Waals surface area contributed by atoms with Crippen LogP contribution in [0.4, 0.5) is 0 Å². The summed E-state index contributed by atoms with van der Waals surface area (Å²) in [6, 6.07) is 9.23.